The van der Waals surface area contributed by atoms with Gasteiger partial charge in [0, 0.05) is 45.4 Å². The summed E-state index contributed by atoms with van der Waals surface area (Å²) in [6.07, 6.45) is 3.42. The Balaban J connectivity index is 1.52. The van der Waals surface area contributed by atoms with E-state index in [9.17, 15) is 9.18 Å². The van der Waals surface area contributed by atoms with Crippen LogP contribution in [0.4, 0.5) is 10.1 Å². The van der Waals surface area contributed by atoms with Crippen LogP contribution in [0.5, 0.6) is 0 Å². The number of amides is 1. The molecular formula is C26H18FN3OS. The van der Waals surface area contributed by atoms with Crippen molar-refractivity contribution in [1.82, 2.24) is 10.3 Å². The number of carbonyl (C=O) groups is 1. The number of hydrogen-bond acceptors (Lipinski definition) is 4. The first-order chi connectivity index (χ1) is 15.7. The van der Waals surface area contributed by atoms with Crippen molar-refractivity contribution in [3.05, 3.63) is 119 Å². The van der Waals surface area contributed by atoms with Crippen LogP contribution in [0.15, 0.2) is 106 Å². The molecule has 1 aromatic heterocycles. The van der Waals surface area contributed by atoms with Crippen molar-refractivity contribution in [3.63, 3.8) is 0 Å². The van der Waals surface area contributed by atoms with Crippen molar-refractivity contribution in [2.75, 3.05) is 0 Å². The number of nitrogens with zero attached hydrogens (tertiary/aromatic N) is 2. The average molecular weight is 440 g/mol. The van der Waals surface area contributed by atoms with Gasteiger partial charge in [-0.3, -0.25) is 9.78 Å². The van der Waals surface area contributed by atoms with Crippen molar-refractivity contribution in [1.29, 1.82) is 0 Å². The number of aromatic nitrogens is 1. The molecule has 0 fully saturated rings. The normalized spacial score (nSPS) is 12.2. The van der Waals surface area contributed by atoms with Crippen molar-refractivity contribution in [3.8, 4) is 0 Å². The predicted octanol–water partition coefficient (Wildman–Crippen LogP) is 5.78. The van der Waals surface area contributed by atoms with Gasteiger partial charge in [-0.25, -0.2) is 9.38 Å². The van der Waals surface area contributed by atoms with Crippen LogP contribution in [0.25, 0.3) is 0 Å². The third-order valence-electron chi connectivity index (χ3n) is 5.09. The largest absolute Gasteiger partial charge is 0.348 e. The SMILES string of the molecule is O=C(NCc1cccnc1)c1ccc2c(c1)N=C(c1cccc(F)c1)c1ccccc1S2. The average Bonchev–Trinajstić information content (AvgIpc) is 2.99. The standard InChI is InChI=1S/C26H18FN3OS/c27-20-7-3-6-18(13-20)25-21-8-1-2-9-23(21)32-24-11-10-19(14-22(24)30-25)26(31)29-16-17-5-4-12-28-15-17/h1-15H,16H2,(H,29,31). The lowest BCUT2D eigenvalue weighted by Crippen LogP contribution is -2.22. The minimum atomic E-state index is -0.316. The molecule has 0 saturated carbocycles. The molecular weight excluding hydrogens is 421 g/mol. The lowest BCUT2D eigenvalue weighted by atomic mass is 10.0. The highest BCUT2D eigenvalue weighted by Crippen LogP contribution is 2.41. The van der Waals surface area contributed by atoms with E-state index in [1.807, 2.05) is 48.5 Å². The molecule has 1 aliphatic rings. The zero-order valence-corrected chi connectivity index (χ0v) is 17.8. The maximum Gasteiger partial charge on any atom is 0.251 e. The first-order valence-corrected chi connectivity index (χ1v) is 10.9. The van der Waals surface area contributed by atoms with E-state index in [0.717, 1.165) is 20.9 Å². The predicted molar refractivity (Wildman–Crippen MR) is 124 cm³/mol. The van der Waals surface area contributed by atoms with Crippen molar-refractivity contribution in [2.24, 2.45) is 4.99 Å². The van der Waals surface area contributed by atoms with Gasteiger partial charge in [-0.2, -0.15) is 0 Å². The minimum Gasteiger partial charge on any atom is -0.348 e. The number of halogens is 1. The van der Waals surface area contributed by atoms with E-state index in [1.165, 1.54) is 12.1 Å². The fourth-order valence-corrected chi connectivity index (χ4v) is 4.53. The van der Waals surface area contributed by atoms with E-state index < -0.39 is 0 Å². The molecule has 2 heterocycles. The van der Waals surface area contributed by atoms with Crippen LogP contribution < -0.4 is 5.32 Å². The van der Waals surface area contributed by atoms with E-state index in [0.29, 0.717) is 29.1 Å². The van der Waals surface area contributed by atoms with Gasteiger partial charge >= 0.3 is 0 Å². The fourth-order valence-electron chi connectivity index (χ4n) is 3.53. The molecule has 4 aromatic rings. The van der Waals surface area contributed by atoms with Crippen LogP contribution in [0.1, 0.15) is 27.0 Å². The highest BCUT2D eigenvalue weighted by Gasteiger charge is 2.20. The van der Waals surface area contributed by atoms with Crippen LogP contribution in [0.2, 0.25) is 0 Å². The second-order valence-corrected chi connectivity index (χ2v) is 8.38. The summed E-state index contributed by atoms with van der Waals surface area (Å²) < 4.78 is 14.0. The molecule has 1 aliphatic heterocycles. The van der Waals surface area contributed by atoms with Crippen LogP contribution in [-0.2, 0) is 6.54 Å². The fraction of sp³-hybridized carbons (Fsp3) is 0.0385. The number of fused-ring (bicyclic) bond motifs is 2. The van der Waals surface area contributed by atoms with Gasteiger partial charge in [-0.15, -0.1) is 0 Å². The first kappa shape index (κ1) is 20.2. The quantitative estimate of drug-likeness (QED) is 0.386. The molecule has 0 aliphatic carbocycles. The molecule has 6 heteroatoms. The molecule has 4 nitrogen and oxygen atoms in total. The van der Waals surface area contributed by atoms with Gasteiger partial charge in [-0.1, -0.05) is 48.2 Å². The molecule has 0 radical (unpaired) electrons. The molecule has 1 amide bonds. The van der Waals surface area contributed by atoms with Gasteiger partial charge in [0.15, 0.2) is 0 Å². The van der Waals surface area contributed by atoms with E-state index in [2.05, 4.69) is 10.3 Å². The van der Waals surface area contributed by atoms with Gasteiger partial charge in [-0.05, 0) is 48.0 Å². The molecule has 156 valence electrons. The Morgan fingerprint density at radius 2 is 1.84 bits per heavy atom. The zero-order valence-electron chi connectivity index (χ0n) is 17.0. The summed E-state index contributed by atoms with van der Waals surface area (Å²) in [5.74, 6) is -0.505. The molecule has 5 rings (SSSR count). The number of benzene rings is 3. The lowest BCUT2D eigenvalue weighted by molar-refractivity contribution is 0.0951. The minimum absolute atomic E-state index is 0.189. The number of aliphatic imine (C=N–C) groups is 1. The number of hydrogen-bond donors (Lipinski definition) is 1. The Morgan fingerprint density at radius 1 is 0.938 bits per heavy atom. The summed E-state index contributed by atoms with van der Waals surface area (Å²) in [4.78, 5) is 23.7. The van der Waals surface area contributed by atoms with Gasteiger partial charge in [0.25, 0.3) is 5.91 Å². The molecule has 0 spiro atoms. The lowest BCUT2D eigenvalue weighted by Gasteiger charge is -2.09. The number of pyridine rings is 1. The number of nitrogens with one attached hydrogen (secondary N) is 1. The Bertz CT molecular complexity index is 1340. The smallest absolute Gasteiger partial charge is 0.251 e. The zero-order chi connectivity index (χ0) is 21.9. The van der Waals surface area contributed by atoms with Crippen molar-refractivity contribution in [2.45, 2.75) is 16.3 Å². The molecule has 0 unspecified atom stereocenters. The Kier molecular flexibility index (Phi) is 5.52. The van der Waals surface area contributed by atoms with Gasteiger partial charge < -0.3 is 5.32 Å². The first-order valence-electron chi connectivity index (χ1n) is 10.1. The summed E-state index contributed by atoms with van der Waals surface area (Å²) in [5, 5.41) is 2.92. The maximum absolute atomic E-state index is 14.0. The summed E-state index contributed by atoms with van der Waals surface area (Å²) in [5.41, 5.74) is 4.42. The second-order valence-electron chi connectivity index (χ2n) is 7.30. The molecule has 0 bridgehead atoms. The van der Waals surface area contributed by atoms with Gasteiger partial charge in [0.2, 0.25) is 0 Å². The molecule has 0 saturated heterocycles. The monoisotopic (exact) mass is 439 g/mol. The summed E-state index contributed by atoms with van der Waals surface area (Å²) >= 11 is 1.59. The van der Waals surface area contributed by atoms with Crippen LogP contribution >= 0.6 is 11.8 Å². The van der Waals surface area contributed by atoms with Crippen LogP contribution in [-0.4, -0.2) is 16.6 Å². The molecule has 1 N–H and O–H groups in total. The molecule has 3 aromatic carbocycles. The maximum atomic E-state index is 14.0. The Hall–Kier alpha value is -3.77. The summed E-state index contributed by atoms with van der Waals surface area (Å²) in [7, 11) is 0. The van der Waals surface area contributed by atoms with E-state index in [-0.39, 0.29) is 11.7 Å². The summed E-state index contributed by atoms with van der Waals surface area (Å²) in [6, 6.07) is 23.6. The highest BCUT2D eigenvalue weighted by molar-refractivity contribution is 7.99. The van der Waals surface area contributed by atoms with Crippen molar-refractivity contribution >= 4 is 29.1 Å². The highest BCUT2D eigenvalue weighted by atomic mass is 32.2. The Labute approximate surface area is 189 Å². The van der Waals surface area contributed by atoms with E-state index in [1.54, 1.807) is 42.4 Å². The third kappa shape index (κ3) is 4.18. The van der Waals surface area contributed by atoms with Crippen LogP contribution in [0.3, 0.4) is 0 Å². The number of carbonyl (C=O) groups excluding carboxylic acids is 1. The molecule has 32 heavy (non-hydrogen) atoms. The third-order valence-corrected chi connectivity index (χ3v) is 6.23. The van der Waals surface area contributed by atoms with Crippen molar-refractivity contribution < 1.29 is 9.18 Å². The van der Waals surface area contributed by atoms with E-state index in [4.69, 9.17) is 4.99 Å². The van der Waals surface area contributed by atoms with E-state index >= 15 is 0 Å². The molecule has 0 atom stereocenters. The summed E-state index contributed by atoms with van der Waals surface area (Å²) in [6.45, 7) is 0.391. The number of rotatable bonds is 4. The van der Waals surface area contributed by atoms with Gasteiger partial charge in [0.05, 0.1) is 11.4 Å². The van der Waals surface area contributed by atoms with Gasteiger partial charge in [0.1, 0.15) is 5.82 Å². The second kappa shape index (κ2) is 8.77. The topological polar surface area (TPSA) is 54.4 Å². The Morgan fingerprint density at radius 3 is 2.69 bits per heavy atom. The van der Waals surface area contributed by atoms with Crippen LogP contribution in [0, 0.1) is 5.82 Å².